The summed E-state index contributed by atoms with van der Waals surface area (Å²) >= 11 is 0. The van der Waals surface area contributed by atoms with Crippen LogP contribution in [0, 0.1) is 11.8 Å². The summed E-state index contributed by atoms with van der Waals surface area (Å²) < 4.78 is 10.2. The zero-order valence-electron chi connectivity index (χ0n) is 11.2. The van der Waals surface area contributed by atoms with Gasteiger partial charge in [0, 0.05) is 11.1 Å². The van der Waals surface area contributed by atoms with E-state index in [0.29, 0.717) is 16.9 Å². The van der Waals surface area contributed by atoms with Crippen molar-refractivity contribution in [2.75, 3.05) is 14.2 Å². The lowest BCUT2D eigenvalue weighted by atomic mass is 10.1. The Kier molecular flexibility index (Phi) is 4.02. The van der Waals surface area contributed by atoms with E-state index in [1.165, 1.54) is 20.3 Å². The molecule has 102 valence electrons. The van der Waals surface area contributed by atoms with Crippen molar-refractivity contribution in [2.45, 2.75) is 0 Å². The molecule has 2 aromatic carbocycles. The number of ether oxygens (including phenoxy) is 2. The van der Waals surface area contributed by atoms with Gasteiger partial charge in [0.05, 0.1) is 14.2 Å². The first-order chi connectivity index (χ1) is 9.63. The summed E-state index contributed by atoms with van der Waals surface area (Å²) in [4.78, 5) is 0. The summed E-state index contributed by atoms with van der Waals surface area (Å²) in [6.07, 6.45) is 0. The lowest BCUT2D eigenvalue weighted by Crippen LogP contribution is -1.92. The molecule has 4 heteroatoms. The second kappa shape index (κ2) is 5.89. The van der Waals surface area contributed by atoms with Gasteiger partial charge < -0.3 is 19.7 Å². The fourth-order valence-electron chi connectivity index (χ4n) is 1.74. The Bertz CT molecular complexity index is 681. The van der Waals surface area contributed by atoms with Gasteiger partial charge in [0.15, 0.2) is 11.5 Å². The van der Waals surface area contributed by atoms with Crippen LogP contribution in [0.15, 0.2) is 36.4 Å². The molecule has 0 bridgehead atoms. The molecule has 4 nitrogen and oxygen atoms in total. The van der Waals surface area contributed by atoms with Gasteiger partial charge in [-0.15, -0.1) is 0 Å². The summed E-state index contributed by atoms with van der Waals surface area (Å²) in [6.45, 7) is 0. The van der Waals surface area contributed by atoms with Gasteiger partial charge in [-0.3, -0.25) is 0 Å². The summed E-state index contributed by atoms with van der Waals surface area (Å²) in [7, 11) is 2.94. The maximum Gasteiger partial charge on any atom is 0.203 e. The molecule has 0 aromatic heterocycles. The Morgan fingerprint density at radius 1 is 0.900 bits per heavy atom. The first-order valence-corrected chi connectivity index (χ1v) is 5.90. The molecule has 0 amide bonds. The Morgan fingerprint density at radius 2 is 1.65 bits per heavy atom. The molecule has 0 fully saturated rings. The zero-order valence-corrected chi connectivity index (χ0v) is 11.2. The van der Waals surface area contributed by atoms with Crippen molar-refractivity contribution >= 4 is 0 Å². The minimum Gasteiger partial charge on any atom is -0.508 e. The normalized spacial score (nSPS) is 9.50. The number of phenols is 2. The highest BCUT2D eigenvalue weighted by Crippen LogP contribution is 2.37. The van der Waals surface area contributed by atoms with Crippen molar-refractivity contribution < 1.29 is 19.7 Å². The van der Waals surface area contributed by atoms with Crippen LogP contribution in [0.3, 0.4) is 0 Å². The fraction of sp³-hybridized carbons (Fsp3) is 0.125. The number of benzene rings is 2. The zero-order chi connectivity index (χ0) is 14.5. The maximum absolute atomic E-state index is 9.83. The van der Waals surface area contributed by atoms with E-state index < -0.39 is 0 Å². The molecular formula is C16H14O4. The van der Waals surface area contributed by atoms with Crippen molar-refractivity contribution in [3.05, 3.63) is 47.5 Å². The average molecular weight is 270 g/mol. The summed E-state index contributed by atoms with van der Waals surface area (Å²) in [5.74, 6) is 6.61. The van der Waals surface area contributed by atoms with Crippen LogP contribution in [0.1, 0.15) is 11.1 Å². The second-order valence-corrected chi connectivity index (χ2v) is 4.03. The largest absolute Gasteiger partial charge is 0.508 e. The highest BCUT2D eigenvalue weighted by atomic mass is 16.5. The quantitative estimate of drug-likeness (QED) is 0.823. The lowest BCUT2D eigenvalue weighted by Gasteiger charge is -2.09. The number of phenolic OH excluding ortho intramolecular Hbond substituents is 2. The molecule has 0 aliphatic carbocycles. The van der Waals surface area contributed by atoms with Gasteiger partial charge in [-0.1, -0.05) is 17.9 Å². The van der Waals surface area contributed by atoms with E-state index in [0.717, 1.165) is 0 Å². The molecule has 2 N–H and O–H groups in total. The van der Waals surface area contributed by atoms with Gasteiger partial charge in [-0.2, -0.15) is 0 Å². The molecule has 0 saturated carbocycles. The number of rotatable bonds is 2. The van der Waals surface area contributed by atoms with Gasteiger partial charge in [0.25, 0.3) is 0 Å². The lowest BCUT2D eigenvalue weighted by molar-refractivity contribution is 0.333. The molecular weight excluding hydrogens is 256 g/mol. The number of aromatic hydroxyl groups is 2. The standard InChI is InChI=1S/C16H14O4/c1-19-15-10-12(9-14(18)16(15)20-2)7-6-11-4-3-5-13(17)8-11/h3-5,8-10,17-18H,1-2H3. The number of methoxy groups -OCH3 is 2. The van der Waals surface area contributed by atoms with Crippen molar-refractivity contribution in [1.82, 2.24) is 0 Å². The first kappa shape index (κ1) is 13.6. The molecule has 2 rings (SSSR count). The smallest absolute Gasteiger partial charge is 0.203 e. The fourth-order valence-corrected chi connectivity index (χ4v) is 1.74. The minimum absolute atomic E-state index is 0.0351. The molecule has 20 heavy (non-hydrogen) atoms. The molecule has 0 unspecified atom stereocenters. The van der Waals surface area contributed by atoms with Crippen LogP contribution >= 0.6 is 0 Å². The molecule has 0 saturated heterocycles. The van der Waals surface area contributed by atoms with Crippen LogP contribution in [0.5, 0.6) is 23.0 Å². The Morgan fingerprint density at radius 3 is 2.30 bits per heavy atom. The maximum atomic E-state index is 9.83. The van der Waals surface area contributed by atoms with E-state index in [4.69, 9.17) is 9.47 Å². The third-order valence-electron chi connectivity index (χ3n) is 2.66. The van der Waals surface area contributed by atoms with E-state index in [1.807, 2.05) is 0 Å². The predicted molar refractivity (Wildman–Crippen MR) is 75.3 cm³/mol. The Hall–Kier alpha value is -2.80. The first-order valence-electron chi connectivity index (χ1n) is 5.90. The van der Waals surface area contributed by atoms with Crippen molar-refractivity contribution in [2.24, 2.45) is 0 Å². The molecule has 0 aliphatic heterocycles. The number of hydrogen-bond acceptors (Lipinski definition) is 4. The van der Waals surface area contributed by atoms with E-state index >= 15 is 0 Å². The molecule has 0 radical (unpaired) electrons. The van der Waals surface area contributed by atoms with E-state index in [1.54, 1.807) is 30.3 Å². The van der Waals surface area contributed by atoms with Gasteiger partial charge >= 0.3 is 0 Å². The molecule has 0 heterocycles. The average Bonchev–Trinajstić information content (AvgIpc) is 2.44. The SMILES string of the molecule is COc1cc(C#Cc2cccc(O)c2)cc(O)c1OC. The molecule has 2 aromatic rings. The predicted octanol–water partition coefficient (Wildman–Crippen LogP) is 2.51. The highest BCUT2D eigenvalue weighted by Gasteiger charge is 2.10. The monoisotopic (exact) mass is 270 g/mol. The second-order valence-electron chi connectivity index (χ2n) is 4.03. The van der Waals surface area contributed by atoms with Gasteiger partial charge in [-0.05, 0) is 30.3 Å². The minimum atomic E-state index is -0.0351. The van der Waals surface area contributed by atoms with E-state index in [9.17, 15) is 10.2 Å². The van der Waals surface area contributed by atoms with E-state index in [-0.39, 0.29) is 17.2 Å². The molecule has 0 aliphatic rings. The number of hydrogen-bond donors (Lipinski definition) is 2. The van der Waals surface area contributed by atoms with Crippen LogP contribution in [0.2, 0.25) is 0 Å². The van der Waals surface area contributed by atoms with Crippen LogP contribution in [0.4, 0.5) is 0 Å². The topological polar surface area (TPSA) is 58.9 Å². The van der Waals surface area contributed by atoms with Crippen LogP contribution < -0.4 is 9.47 Å². The van der Waals surface area contributed by atoms with Crippen molar-refractivity contribution in [3.8, 4) is 34.8 Å². The summed E-state index contributed by atoms with van der Waals surface area (Å²) in [6, 6.07) is 9.81. The van der Waals surface area contributed by atoms with Crippen LogP contribution in [0.25, 0.3) is 0 Å². The van der Waals surface area contributed by atoms with E-state index in [2.05, 4.69) is 11.8 Å². The van der Waals surface area contributed by atoms with Crippen LogP contribution in [-0.2, 0) is 0 Å². The molecule has 0 atom stereocenters. The van der Waals surface area contributed by atoms with Gasteiger partial charge in [0.2, 0.25) is 5.75 Å². The third-order valence-corrected chi connectivity index (χ3v) is 2.66. The van der Waals surface area contributed by atoms with Gasteiger partial charge in [0.1, 0.15) is 5.75 Å². The van der Waals surface area contributed by atoms with Gasteiger partial charge in [-0.25, -0.2) is 0 Å². The van der Waals surface area contributed by atoms with Crippen molar-refractivity contribution in [1.29, 1.82) is 0 Å². The highest BCUT2D eigenvalue weighted by molar-refractivity contribution is 5.57. The molecule has 0 spiro atoms. The summed E-state index contributed by atoms with van der Waals surface area (Å²) in [5.41, 5.74) is 1.27. The summed E-state index contributed by atoms with van der Waals surface area (Å²) in [5, 5.41) is 19.2. The third kappa shape index (κ3) is 2.96. The Balaban J connectivity index is 2.38. The van der Waals surface area contributed by atoms with Crippen LogP contribution in [-0.4, -0.2) is 24.4 Å². The Labute approximate surface area is 117 Å². The van der Waals surface area contributed by atoms with Crippen molar-refractivity contribution in [3.63, 3.8) is 0 Å².